The van der Waals surface area contributed by atoms with E-state index in [-0.39, 0.29) is 0 Å². The normalized spacial score (nSPS) is 25.4. The topological polar surface area (TPSA) is 47.3 Å². The summed E-state index contributed by atoms with van der Waals surface area (Å²) in [5.41, 5.74) is 9.03. The van der Waals surface area contributed by atoms with Crippen LogP contribution in [0.4, 0.5) is 11.4 Å². The van der Waals surface area contributed by atoms with E-state index in [0.717, 1.165) is 36.4 Å². The number of hydrogen-bond donors (Lipinski definition) is 2. The Morgan fingerprint density at radius 3 is 3.00 bits per heavy atom. The van der Waals surface area contributed by atoms with Gasteiger partial charge in [0.15, 0.2) is 0 Å². The number of benzene rings is 1. The van der Waals surface area contributed by atoms with Gasteiger partial charge in [-0.3, -0.25) is 0 Å². The summed E-state index contributed by atoms with van der Waals surface area (Å²) in [6, 6.07) is 6.52. The Morgan fingerprint density at radius 1 is 1.44 bits per heavy atom. The van der Waals surface area contributed by atoms with Crippen LogP contribution in [0.1, 0.15) is 25.3 Å². The largest absolute Gasteiger partial charge is 0.398 e. The van der Waals surface area contributed by atoms with Crippen LogP contribution in [0.2, 0.25) is 0 Å². The fraction of sp³-hybridized carbons (Fsp3) is 0.538. The molecule has 16 heavy (non-hydrogen) atoms. The molecule has 0 saturated carbocycles. The molecule has 1 aliphatic rings. The van der Waals surface area contributed by atoms with E-state index in [1.165, 1.54) is 0 Å². The second-order valence-corrected chi connectivity index (χ2v) is 4.57. The molecule has 2 atom stereocenters. The number of nitrogens with two attached hydrogens (primary N) is 1. The third-order valence-corrected chi connectivity index (χ3v) is 3.22. The number of hydrogen-bond acceptors (Lipinski definition) is 3. The molecular weight excluding hydrogens is 200 g/mol. The molecule has 2 unspecified atom stereocenters. The number of anilines is 2. The van der Waals surface area contributed by atoms with Crippen LogP contribution in [-0.2, 0) is 4.74 Å². The van der Waals surface area contributed by atoms with E-state index < -0.39 is 0 Å². The molecule has 0 bridgehead atoms. The second-order valence-electron chi connectivity index (χ2n) is 4.57. The monoisotopic (exact) mass is 220 g/mol. The zero-order chi connectivity index (χ0) is 11.5. The minimum absolute atomic E-state index is 0.354. The molecule has 1 aromatic carbocycles. The first kappa shape index (κ1) is 11.3. The fourth-order valence-electron chi connectivity index (χ4n) is 2.16. The molecule has 3 nitrogen and oxygen atoms in total. The van der Waals surface area contributed by atoms with Crippen LogP contribution in [0, 0.1) is 6.92 Å². The van der Waals surface area contributed by atoms with Gasteiger partial charge in [0.05, 0.1) is 6.10 Å². The summed E-state index contributed by atoms with van der Waals surface area (Å²) in [5, 5.41) is 3.56. The molecule has 0 amide bonds. The van der Waals surface area contributed by atoms with Crippen molar-refractivity contribution in [1.29, 1.82) is 0 Å². The highest BCUT2D eigenvalue weighted by Gasteiger charge is 2.19. The van der Waals surface area contributed by atoms with E-state index in [2.05, 4.69) is 25.2 Å². The molecule has 1 fully saturated rings. The summed E-state index contributed by atoms with van der Waals surface area (Å²) in [4.78, 5) is 0. The molecule has 0 radical (unpaired) electrons. The first-order chi connectivity index (χ1) is 7.66. The minimum atomic E-state index is 0.354. The Balaban J connectivity index is 2.05. The average Bonchev–Trinajstić information content (AvgIpc) is 2.25. The van der Waals surface area contributed by atoms with Crippen LogP contribution in [0.5, 0.6) is 0 Å². The van der Waals surface area contributed by atoms with Crippen molar-refractivity contribution in [2.24, 2.45) is 0 Å². The maximum absolute atomic E-state index is 5.89. The van der Waals surface area contributed by atoms with Crippen molar-refractivity contribution in [1.82, 2.24) is 0 Å². The van der Waals surface area contributed by atoms with Crippen LogP contribution >= 0.6 is 0 Å². The lowest BCUT2D eigenvalue weighted by molar-refractivity contribution is 0.0232. The van der Waals surface area contributed by atoms with Gasteiger partial charge in [-0.1, -0.05) is 6.07 Å². The van der Waals surface area contributed by atoms with Crippen molar-refractivity contribution in [3.05, 3.63) is 23.8 Å². The van der Waals surface area contributed by atoms with Crippen molar-refractivity contribution >= 4 is 11.4 Å². The Bertz CT molecular complexity index is 365. The van der Waals surface area contributed by atoms with E-state index in [1.54, 1.807) is 0 Å². The summed E-state index contributed by atoms with van der Waals surface area (Å²) in [5.74, 6) is 0. The van der Waals surface area contributed by atoms with Gasteiger partial charge in [0.1, 0.15) is 0 Å². The summed E-state index contributed by atoms with van der Waals surface area (Å²) in [6.45, 7) is 5.03. The van der Waals surface area contributed by atoms with Gasteiger partial charge in [-0.05, 0) is 44.4 Å². The number of rotatable bonds is 2. The first-order valence-electron chi connectivity index (χ1n) is 5.90. The Morgan fingerprint density at radius 2 is 2.25 bits per heavy atom. The first-order valence-corrected chi connectivity index (χ1v) is 5.90. The minimum Gasteiger partial charge on any atom is -0.398 e. The third kappa shape index (κ3) is 2.47. The van der Waals surface area contributed by atoms with Gasteiger partial charge < -0.3 is 15.8 Å². The highest BCUT2D eigenvalue weighted by atomic mass is 16.5. The van der Waals surface area contributed by atoms with Gasteiger partial charge in [0.25, 0.3) is 0 Å². The van der Waals surface area contributed by atoms with E-state index in [4.69, 9.17) is 10.5 Å². The van der Waals surface area contributed by atoms with Gasteiger partial charge in [0.2, 0.25) is 0 Å². The van der Waals surface area contributed by atoms with Gasteiger partial charge in [-0.15, -0.1) is 0 Å². The van der Waals surface area contributed by atoms with Gasteiger partial charge in [-0.25, -0.2) is 0 Å². The predicted molar refractivity (Wildman–Crippen MR) is 67.7 cm³/mol. The van der Waals surface area contributed by atoms with E-state index >= 15 is 0 Å². The lowest BCUT2D eigenvalue weighted by Crippen LogP contribution is -2.32. The van der Waals surface area contributed by atoms with Crippen LogP contribution in [0.3, 0.4) is 0 Å². The maximum atomic E-state index is 5.89. The second kappa shape index (κ2) is 4.74. The molecule has 2 rings (SSSR count). The smallest absolute Gasteiger partial charge is 0.0566 e. The quantitative estimate of drug-likeness (QED) is 0.753. The SMILES string of the molecule is Cc1c(N)cccc1NC1CCOC(C)C1. The lowest BCUT2D eigenvalue weighted by atomic mass is 10.0. The zero-order valence-corrected chi connectivity index (χ0v) is 9.99. The van der Waals surface area contributed by atoms with Crippen molar-refractivity contribution < 1.29 is 4.74 Å². The van der Waals surface area contributed by atoms with Crippen LogP contribution in [0.25, 0.3) is 0 Å². The standard InChI is InChI=1S/C13H20N2O/c1-9-8-11(6-7-16-9)15-13-5-3-4-12(14)10(13)2/h3-5,9,11,15H,6-8,14H2,1-2H3. The summed E-state index contributed by atoms with van der Waals surface area (Å²) in [6.07, 6.45) is 2.49. The molecule has 0 spiro atoms. The van der Waals surface area contributed by atoms with E-state index in [9.17, 15) is 0 Å². The molecule has 3 heteroatoms. The highest BCUT2D eigenvalue weighted by molar-refractivity contribution is 5.63. The van der Waals surface area contributed by atoms with Gasteiger partial charge >= 0.3 is 0 Å². The van der Waals surface area contributed by atoms with Gasteiger partial charge in [-0.2, -0.15) is 0 Å². The molecule has 88 valence electrons. The lowest BCUT2D eigenvalue weighted by Gasteiger charge is -2.29. The van der Waals surface area contributed by atoms with Crippen molar-refractivity contribution in [2.45, 2.75) is 38.8 Å². The Kier molecular flexibility index (Phi) is 3.34. The van der Waals surface area contributed by atoms with E-state index in [0.29, 0.717) is 12.1 Å². The highest BCUT2D eigenvalue weighted by Crippen LogP contribution is 2.24. The van der Waals surface area contributed by atoms with Crippen LogP contribution in [0.15, 0.2) is 18.2 Å². The predicted octanol–water partition coefficient (Wildman–Crippen LogP) is 2.56. The van der Waals surface area contributed by atoms with Crippen molar-refractivity contribution in [3.8, 4) is 0 Å². The van der Waals surface area contributed by atoms with E-state index in [1.807, 2.05) is 12.1 Å². The summed E-state index contributed by atoms with van der Waals surface area (Å²) in [7, 11) is 0. The number of nitrogens with one attached hydrogen (secondary N) is 1. The van der Waals surface area contributed by atoms with Crippen molar-refractivity contribution in [3.63, 3.8) is 0 Å². The summed E-state index contributed by atoms with van der Waals surface area (Å²) >= 11 is 0. The molecule has 1 heterocycles. The molecule has 1 aliphatic heterocycles. The zero-order valence-electron chi connectivity index (χ0n) is 9.99. The average molecular weight is 220 g/mol. The molecule has 1 aromatic rings. The van der Waals surface area contributed by atoms with Crippen LogP contribution in [-0.4, -0.2) is 18.8 Å². The molecular formula is C13H20N2O. The molecule has 3 N–H and O–H groups in total. The van der Waals surface area contributed by atoms with Gasteiger partial charge in [0, 0.05) is 24.0 Å². The number of ether oxygens (including phenoxy) is 1. The Hall–Kier alpha value is -1.22. The molecule has 0 aliphatic carbocycles. The molecule has 1 saturated heterocycles. The van der Waals surface area contributed by atoms with Crippen molar-refractivity contribution in [2.75, 3.05) is 17.7 Å². The fourth-order valence-corrected chi connectivity index (χ4v) is 2.16. The third-order valence-electron chi connectivity index (χ3n) is 3.22. The maximum Gasteiger partial charge on any atom is 0.0566 e. The Labute approximate surface area is 97.0 Å². The van der Waals surface area contributed by atoms with Crippen LogP contribution < -0.4 is 11.1 Å². The number of nitrogen functional groups attached to an aromatic ring is 1. The molecule has 0 aromatic heterocycles. The summed E-state index contributed by atoms with van der Waals surface area (Å²) < 4.78 is 5.54.